The molecule has 0 heteroatoms. The molecule has 0 atom stereocenters. The van der Waals surface area contributed by atoms with Gasteiger partial charge in [0.2, 0.25) is 0 Å². The molecule has 0 spiro atoms. The van der Waals surface area contributed by atoms with E-state index in [1.807, 2.05) is 0 Å². The summed E-state index contributed by atoms with van der Waals surface area (Å²) in [5.74, 6) is 0. The zero-order chi connectivity index (χ0) is 26.9. The highest BCUT2D eigenvalue weighted by Gasteiger charge is 2.23. The van der Waals surface area contributed by atoms with E-state index in [9.17, 15) is 0 Å². The number of benzene rings is 8. The van der Waals surface area contributed by atoms with Gasteiger partial charge in [0, 0.05) is 0 Å². The van der Waals surface area contributed by atoms with Gasteiger partial charge in [-0.3, -0.25) is 0 Å². The molecule has 8 aromatic carbocycles. The Balaban J connectivity index is 1.20. The van der Waals surface area contributed by atoms with Gasteiger partial charge >= 0.3 is 0 Å². The van der Waals surface area contributed by atoms with Crippen LogP contribution in [0, 0.1) is 0 Å². The van der Waals surface area contributed by atoms with E-state index < -0.39 is 0 Å². The zero-order valence-electron chi connectivity index (χ0n) is 22.6. The second-order valence-corrected chi connectivity index (χ2v) is 11.3. The van der Waals surface area contributed by atoms with Gasteiger partial charge in [0.15, 0.2) is 0 Å². The standard InChI is InChI=1S/C41H26/c1-2-12-30-26(9-1)19-21-38-36-18-8-17-31(41(36)25-40(30)38)29-11-7-10-27(23-29)28-20-22-37-34-15-4-3-13-32(34)33-14-5-6-16-35(33)39(37)24-28/h1-24H,25H2. The van der Waals surface area contributed by atoms with Crippen molar-refractivity contribution in [2.75, 3.05) is 0 Å². The Morgan fingerprint density at radius 3 is 1.63 bits per heavy atom. The van der Waals surface area contributed by atoms with Crippen LogP contribution in [0.15, 0.2) is 146 Å². The summed E-state index contributed by atoms with van der Waals surface area (Å²) in [6, 6.07) is 53.9. The van der Waals surface area contributed by atoms with Gasteiger partial charge in [-0.25, -0.2) is 0 Å². The first-order chi connectivity index (χ1) is 20.3. The van der Waals surface area contributed by atoms with Crippen molar-refractivity contribution in [3.8, 4) is 33.4 Å². The van der Waals surface area contributed by atoms with Gasteiger partial charge in [0.05, 0.1) is 0 Å². The maximum absolute atomic E-state index is 2.39. The van der Waals surface area contributed by atoms with E-state index in [1.54, 1.807) is 0 Å². The smallest absolute Gasteiger partial charge is 0.000112 e. The zero-order valence-corrected chi connectivity index (χ0v) is 22.6. The van der Waals surface area contributed by atoms with Crippen LogP contribution in [0.3, 0.4) is 0 Å². The van der Waals surface area contributed by atoms with Crippen LogP contribution in [0.4, 0.5) is 0 Å². The van der Waals surface area contributed by atoms with E-state index in [1.165, 1.54) is 87.6 Å². The van der Waals surface area contributed by atoms with Crippen molar-refractivity contribution in [2.45, 2.75) is 6.42 Å². The molecular formula is C41H26. The quantitative estimate of drug-likeness (QED) is 0.200. The third kappa shape index (κ3) is 3.34. The average molecular weight is 519 g/mol. The van der Waals surface area contributed by atoms with Crippen LogP contribution >= 0.6 is 0 Å². The van der Waals surface area contributed by atoms with Crippen molar-refractivity contribution in [1.82, 2.24) is 0 Å². The highest BCUT2D eigenvalue weighted by Crippen LogP contribution is 2.45. The summed E-state index contributed by atoms with van der Waals surface area (Å²) < 4.78 is 0. The lowest BCUT2D eigenvalue weighted by Gasteiger charge is -2.13. The molecule has 0 N–H and O–H groups in total. The molecule has 0 saturated carbocycles. The second kappa shape index (κ2) is 8.65. The summed E-state index contributed by atoms with van der Waals surface area (Å²) in [7, 11) is 0. The first kappa shape index (κ1) is 22.6. The molecule has 8 aromatic rings. The number of rotatable bonds is 2. The third-order valence-corrected chi connectivity index (χ3v) is 9.11. The van der Waals surface area contributed by atoms with Crippen molar-refractivity contribution in [3.63, 3.8) is 0 Å². The summed E-state index contributed by atoms with van der Waals surface area (Å²) in [5, 5.41) is 10.6. The third-order valence-electron chi connectivity index (χ3n) is 9.11. The van der Waals surface area contributed by atoms with E-state index in [-0.39, 0.29) is 0 Å². The molecule has 0 radical (unpaired) electrons. The van der Waals surface area contributed by atoms with Crippen LogP contribution in [-0.2, 0) is 6.42 Å². The van der Waals surface area contributed by atoms with Crippen LogP contribution in [0.25, 0.3) is 76.5 Å². The molecule has 0 fully saturated rings. The van der Waals surface area contributed by atoms with Crippen LogP contribution in [-0.4, -0.2) is 0 Å². The summed E-state index contributed by atoms with van der Waals surface area (Å²) in [6.07, 6.45) is 0.974. The molecule has 0 heterocycles. The van der Waals surface area contributed by atoms with E-state index in [2.05, 4.69) is 146 Å². The Morgan fingerprint density at radius 2 is 0.854 bits per heavy atom. The molecule has 0 aromatic heterocycles. The lowest BCUT2D eigenvalue weighted by atomic mass is 9.90. The summed E-state index contributed by atoms with van der Waals surface area (Å²) in [4.78, 5) is 0. The van der Waals surface area contributed by atoms with Crippen LogP contribution < -0.4 is 0 Å². The SMILES string of the molecule is c1cc(-c2ccc3c4ccccc4c4ccccc4c3c2)cc(-c2cccc3c2Cc2c-3ccc3ccccc23)c1. The molecular weight excluding hydrogens is 492 g/mol. The van der Waals surface area contributed by atoms with E-state index in [4.69, 9.17) is 0 Å². The predicted octanol–water partition coefficient (Wildman–Crippen LogP) is 11.2. The number of fused-ring (bicyclic) bond motifs is 11. The normalized spacial score (nSPS) is 12.3. The van der Waals surface area contributed by atoms with Crippen LogP contribution in [0.2, 0.25) is 0 Å². The van der Waals surface area contributed by atoms with E-state index in [0.717, 1.165) is 6.42 Å². The molecule has 0 bridgehead atoms. The van der Waals surface area contributed by atoms with Crippen molar-refractivity contribution >= 4 is 43.1 Å². The van der Waals surface area contributed by atoms with Gasteiger partial charge < -0.3 is 0 Å². The first-order valence-electron chi connectivity index (χ1n) is 14.4. The minimum absolute atomic E-state index is 0.974. The van der Waals surface area contributed by atoms with Gasteiger partial charge in [-0.05, 0) is 106 Å². The molecule has 1 aliphatic rings. The highest BCUT2D eigenvalue weighted by atomic mass is 14.3. The Hall–Kier alpha value is -5.20. The van der Waals surface area contributed by atoms with Gasteiger partial charge in [0.25, 0.3) is 0 Å². The van der Waals surface area contributed by atoms with Crippen molar-refractivity contribution in [1.29, 1.82) is 0 Å². The fraction of sp³-hybridized carbons (Fsp3) is 0.0244. The monoisotopic (exact) mass is 518 g/mol. The van der Waals surface area contributed by atoms with Crippen molar-refractivity contribution in [2.24, 2.45) is 0 Å². The molecule has 0 aliphatic heterocycles. The average Bonchev–Trinajstić information content (AvgIpc) is 3.44. The Kier molecular flexibility index (Phi) is 4.77. The number of hydrogen-bond donors (Lipinski definition) is 0. The molecule has 41 heavy (non-hydrogen) atoms. The molecule has 0 saturated heterocycles. The first-order valence-corrected chi connectivity index (χ1v) is 14.4. The maximum Gasteiger partial charge on any atom is -0.000112 e. The largest absolute Gasteiger partial charge is 0.0616 e. The molecule has 0 amide bonds. The lowest BCUT2D eigenvalue weighted by Crippen LogP contribution is -1.89. The lowest BCUT2D eigenvalue weighted by molar-refractivity contribution is 1.28. The summed E-state index contributed by atoms with van der Waals surface area (Å²) >= 11 is 0. The van der Waals surface area contributed by atoms with Crippen molar-refractivity contribution < 1.29 is 0 Å². The fourth-order valence-electron chi connectivity index (χ4n) is 7.21. The van der Waals surface area contributed by atoms with Crippen LogP contribution in [0.1, 0.15) is 11.1 Å². The maximum atomic E-state index is 2.39. The van der Waals surface area contributed by atoms with E-state index in [0.29, 0.717) is 0 Å². The van der Waals surface area contributed by atoms with Gasteiger partial charge in [-0.2, -0.15) is 0 Å². The van der Waals surface area contributed by atoms with Gasteiger partial charge in [-0.15, -0.1) is 0 Å². The summed E-state index contributed by atoms with van der Waals surface area (Å²) in [6.45, 7) is 0. The second-order valence-electron chi connectivity index (χ2n) is 11.3. The number of hydrogen-bond acceptors (Lipinski definition) is 0. The molecule has 9 rings (SSSR count). The molecule has 190 valence electrons. The Labute approximate surface area is 239 Å². The minimum Gasteiger partial charge on any atom is -0.0616 e. The van der Waals surface area contributed by atoms with Crippen molar-refractivity contribution in [3.05, 3.63) is 157 Å². The summed E-state index contributed by atoms with van der Waals surface area (Å²) in [5.41, 5.74) is 10.8. The van der Waals surface area contributed by atoms with E-state index >= 15 is 0 Å². The molecule has 0 unspecified atom stereocenters. The Bertz CT molecular complexity index is 2300. The molecule has 0 nitrogen and oxygen atoms in total. The van der Waals surface area contributed by atoms with Gasteiger partial charge in [-0.1, -0.05) is 133 Å². The fourth-order valence-corrected chi connectivity index (χ4v) is 7.21. The van der Waals surface area contributed by atoms with Gasteiger partial charge in [0.1, 0.15) is 0 Å². The topological polar surface area (TPSA) is 0 Å². The Morgan fingerprint density at radius 1 is 0.293 bits per heavy atom. The minimum atomic E-state index is 0.974. The molecule has 1 aliphatic carbocycles. The predicted molar refractivity (Wildman–Crippen MR) is 176 cm³/mol. The van der Waals surface area contributed by atoms with Crippen LogP contribution in [0.5, 0.6) is 0 Å². The highest BCUT2D eigenvalue weighted by molar-refractivity contribution is 6.25.